The van der Waals surface area contributed by atoms with Crippen molar-refractivity contribution in [1.82, 2.24) is 10.2 Å². The SMILES string of the molecule is C=C(C)Nc1nnc(C(C)(C)C)s1. The van der Waals surface area contributed by atoms with E-state index in [2.05, 4.69) is 42.9 Å². The second-order valence-electron chi connectivity index (χ2n) is 4.07. The van der Waals surface area contributed by atoms with Crippen molar-refractivity contribution in [2.75, 3.05) is 5.32 Å². The normalized spacial score (nSPS) is 11.4. The number of allylic oxidation sites excluding steroid dienone is 1. The Morgan fingerprint density at radius 2 is 2.00 bits per heavy atom. The van der Waals surface area contributed by atoms with Crippen LogP contribution in [-0.4, -0.2) is 10.2 Å². The highest BCUT2D eigenvalue weighted by atomic mass is 32.1. The van der Waals surface area contributed by atoms with E-state index in [1.54, 1.807) is 11.3 Å². The van der Waals surface area contributed by atoms with Gasteiger partial charge >= 0.3 is 0 Å². The van der Waals surface area contributed by atoms with E-state index in [4.69, 9.17) is 0 Å². The van der Waals surface area contributed by atoms with Crippen molar-refractivity contribution in [2.24, 2.45) is 0 Å². The number of nitrogens with one attached hydrogen (secondary N) is 1. The first kappa shape index (κ1) is 10.2. The zero-order chi connectivity index (χ0) is 10.1. The fourth-order valence-electron chi connectivity index (χ4n) is 0.759. The average molecular weight is 197 g/mol. The van der Waals surface area contributed by atoms with E-state index in [-0.39, 0.29) is 5.41 Å². The Labute approximate surface area is 82.9 Å². The Bertz CT molecular complexity index is 309. The summed E-state index contributed by atoms with van der Waals surface area (Å²) >= 11 is 1.57. The molecular formula is C9H15N3S. The summed E-state index contributed by atoms with van der Waals surface area (Å²) in [6, 6.07) is 0. The summed E-state index contributed by atoms with van der Waals surface area (Å²) in [5, 5.41) is 13.0. The van der Waals surface area contributed by atoms with E-state index in [0.29, 0.717) is 0 Å². The lowest BCUT2D eigenvalue weighted by molar-refractivity contribution is 0.578. The number of hydrogen-bond acceptors (Lipinski definition) is 4. The molecule has 72 valence electrons. The molecule has 0 atom stereocenters. The van der Waals surface area contributed by atoms with E-state index in [1.165, 1.54) is 0 Å². The van der Waals surface area contributed by atoms with Crippen molar-refractivity contribution < 1.29 is 0 Å². The van der Waals surface area contributed by atoms with E-state index in [9.17, 15) is 0 Å². The van der Waals surface area contributed by atoms with E-state index in [0.717, 1.165) is 15.8 Å². The van der Waals surface area contributed by atoms with Gasteiger partial charge in [0.1, 0.15) is 5.01 Å². The van der Waals surface area contributed by atoms with E-state index < -0.39 is 0 Å². The molecule has 0 radical (unpaired) electrons. The molecular weight excluding hydrogens is 182 g/mol. The first-order valence-corrected chi connectivity index (χ1v) is 4.98. The van der Waals surface area contributed by atoms with Crippen LogP contribution in [0.5, 0.6) is 0 Å². The smallest absolute Gasteiger partial charge is 0.209 e. The Balaban J connectivity index is 2.81. The molecule has 13 heavy (non-hydrogen) atoms. The van der Waals surface area contributed by atoms with Crippen molar-refractivity contribution in [3.05, 3.63) is 17.3 Å². The van der Waals surface area contributed by atoms with Gasteiger partial charge in [-0.05, 0) is 6.92 Å². The minimum Gasteiger partial charge on any atom is -0.335 e. The van der Waals surface area contributed by atoms with Gasteiger partial charge in [-0.25, -0.2) is 0 Å². The maximum Gasteiger partial charge on any atom is 0.209 e. The van der Waals surface area contributed by atoms with Gasteiger partial charge in [-0.15, -0.1) is 10.2 Å². The summed E-state index contributed by atoms with van der Waals surface area (Å²) in [5.74, 6) is 0. The molecule has 0 unspecified atom stereocenters. The summed E-state index contributed by atoms with van der Waals surface area (Å²) in [6.45, 7) is 12.0. The lowest BCUT2D eigenvalue weighted by Crippen LogP contribution is -2.10. The van der Waals surface area contributed by atoms with Gasteiger partial charge in [-0.2, -0.15) is 0 Å². The number of anilines is 1. The van der Waals surface area contributed by atoms with Gasteiger partial charge < -0.3 is 5.32 Å². The van der Waals surface area contributed by atoms with Crippen molar-refractivity contribution >= 4 is 16.5 Å². The Kier molecular flexibility index (Phi) is 2.71. The molecule has 0 aliphatic carbocycles. The minimum absolute atomic E-state index is 0.0761. The molecule has 0 saturated heterocycles. The molecule has 1 aromatic heterocycles. The predicted molar refractivity (Wildman–Crippen MR) is 57.0 cm³/mol. The second-order valence-corrected chi connectivity index (χ2v) is 5.05. The zero-order valence-electron chi connectivity index (χ0n) is 8.51. The Hall–Kier alpha value is -0.900. The summed E-state index contributed by atoms with van der Waals surface area (Å²) in [5.41, 5.74) is 0.962. The molecule has 1 aromatic rings. The van der Waals surface area contributed by atoms with Crippen LogP contribution in [0.4, 0.5) is 5.13 Å². The molecule has 0 aliphatic rings. The third-order valence-electron chi connectivity index (χ3n) is 1.39. The number of rotatable bonds is 2. The third kappa shape index (κ3) is 2.81. The molecule has 0 fully saturated rings. The molecule has 1 heterocycles. The molecule has 0 aliphatic heterocycles. The molecule has 0 spiro atoms. The Morgan fingerprint density at radius 1 is 1.38 bits per heavy atom. The quantitative estimate of drug-likeness (QED) is 0.792. The topological polar surface area (TPSA) is 37.8 Å². The fourth-order valence-corrected chi connectivity index (χ4v) is 1.64. The molecule has 1 rings (SSSR count). The van der Waals surface area contributed by atoms with Gasteiger partial charge in [0, 0.05) is 11.1 Å². The maximum absolute atomic E-state index is 4.11. The van der Waals surface area contributed by atoms with Crippen molar-refractivity contribution in [1.29, 1.82) is 0 Å². The third-order valence-corrected chi connectivity index (χ3v) is 2.65. The van der Waals surface area contributed by atoms with Crippen LogP contribution in [0.1, 0.15) is 32.7 Å². The lowest BCUT2D eigenvalue weighted by Gasteiger charge is -2.12. The first-order chi connectivity index (χ1) is 5.89. The highest BCUT2D eigenvalue weighted by Gasteiger charge is 2.19. The summed E-state index contributed by atoms with van der Waals surface area (Å²) in [4.78, 5) is 0. The molecule has 1 N–H and O–H groups in total. The van der Waals surface area contributed by atoms with Crippen LogP contribution in [0, 0.1) is 0 Å². The van der Waals surface area contributed by atoms with Gasteiger partial charge in [-0.1, -0.05) is 38.7 Å². The highest BCUT2D eigenvalue weighted by Crippen LogP contribution is 2.27. The summed E-state index contributed by atoms with van der Waals surface area (Å²) < 4.78 is 0. The van der Waals surface area contributed by atoms with E-state index >= 15 is 0 Å². The van der Waals surface area contributed by atoms with E-state index in [1.807, 2.05) is 6.92 Å². The molecule has 0 saturated carbocycles. The molecule has 0 amide bonds. The van der Waals surface area contributed by atoms with Crippen LogP contribution < -0.4 is 5.32 Å². The summed E-state index contributed by atoms with van der Waals surface area (Å²) in [7, 11) is 0. The van der Waals surface area contributed by atoms with Crippen molar-refractivity contribution in [3.8, 4) is 0 Å². The predicted octanol–water partition coefficient (Wildman–Crippen LogP) is 2.78. The molecule has 4 heteroatoms. The van der Waals surface area contributed by atoms with Gasteiger partial charge in [0.15, 0.2) is 0 Å². The number of aromatic nitrogens is 2. The monoisotopic (exact) mass is 197 g/mol. The number of nitrogens with zero attached hydrogens (tertiary/aromatic N) is 2. The fraction of sp³-hybridized carbons (Fsp3) is 0.556. The van der Waals surface area contributed by atoms with Gasteiger partial charge in [-0.3, -0.25) is 0 Å². The largest absolute Gasteiger partial charge is 0.335 e. The lowest BCUT2D eigenvalue weighted by atomic mass is 9.98. The summed E-state index contributed by atoms with van der Waals surface area (Å²) in [6.07, 6.45) is 0. The van der Waals surface area contributed by atoms with Crippen molar-refractivity contribution in [3.63, 3.8) is 0 Å². The molecule has 3 nitrogen and oxygen atoms in total. The highest BCUT2D eigenvalue weighted by molar-refractivity contribution is 7.15. The van der Waals surface area contributed by atoms with Crippen LogP contribution in [0.25, 0.3) is 0 Å². The minimum atomic E-state index is 0.0761. The van der Waals surface area contributed by atoms with Gasteiger partial charge in [0.2, 0.25) is 5.13 Å². The van der Waals surface area contributed by atoms with Crippen LogP contribution in [0.2, 0.25) is 0 Å². The second kappa shape index (κ2) is 3.46. The Morgan fingerprint density at radius 3 is 2.38 bits per heavy atom. The van der Waals surface area contributed by atoms with Crippen molar-refractivity contribution in [2.45, 2.75) is 33.1 Å². The van der Waals surface area contributed by atoms with Crippen LogP contribution in [0.15, 0.2) is 12.3 Å². The average Bonchev–Trinajstić information content (AvgIpc) is 2.32. The maximum atomic E-state index is 4.11. The first-order valence-electron chi connectivity index (χ1n) is 4.16. The van der Waals surface area contributed by atoms with Crippen LogP contribution in [0.3, 0.4) is 0 Å². The zero-order valence-corrected chi connectivity index (χ0v) is 9.33. The van der Waals surface area contributed by atoms with Crippen LogP contribution >= 0.6 is 11.3 Å². The number of hydrogen-bond donors (Lipinski definition) is 1. The standard InChI is InChI=1S/C9H15N3S/c1-6(2)10-8-12-11-7(13-8)9(3,4)5/h1H2,2-5H3,(H,10,12). The van der Waals surface area contributed by atoms with Gasteiger partial charge in [0.05, 0.1) is 0 Å². The van der Waals surface area contributed by atoms with Gasteiger partial charge in [0.25, 0.3) is 0 Å². The van der Waals surface area contributed by atoms with Crippen LogP contribution in [-0.2, 0) is 5.41 Å². The molecule has 0 bridgehead atoms. The molecule has 0 aromatic carbocycles.